The molecule has 0 bridgehead atoms. The lowest BCUT2D eigenvalue weighted by Crippen LogP contribution is -2.29. The van der Waals surface area contributed by atoms with E-state index in [1.807, 2.05) is 7.05 Å². The van der Waals surface area contributed by atoms with Gasteiger partial charge in [0, 0.05) is 17.6 Å². The van der Waals surface area contributed by atoms with Crippen molar-refractivity contribution in [3.8, 4) is 0 Å². The van der Waals surface area contributed by atoms with Gasteiger partial charge in [-0.2, -0.15) is 0 Å². The molecule has 0 aliphatic carbocycles. The van der Waals surface area contributed by atoms with Crippen molar-refractivity contribution in [3.05, 3.63) is 42.5 Å². The zero-order valence-electron chi connectivity index (χ0n) is 12.1. The van der Waals surface area contributed by atoms with E-state index in [2.05, 4.69) is 66.9 Å². The number of anilines is 1. The Kier molecular flexibility index (Phi) is 4.80. The van der Waals surface area contributed by atoms with E-state index in [9.17, 15) is 0 Å². The Bertz CT molecular complexity index is 514. The van der Waals surface area contributed by atoms with Crippen molar-refractivity contribution in [3.63, 3.8) is 0 Å². The lowest BCUT2D eigenvalue weighted by atomic mass is 9.95. The summed E-state index contributed by atoms with van der Waals surface area (Å²) >= 11 is 0. The van der Waals surface area contributed by atoms with Crippen LogP contribution in [-0.4, -0.2) is 20.1 Å². The van der Waals surface area contributed by atoms with Crippen LogP contribution < -0.4 is 10.6 Å². The first-order valence-corrected chi connectivity index (χ1v) is 7.08. The van der Waals surface area contributed by atoms with Crippen LogP contribution in [0.2, 0.25) is 0 Å². The second kappa shape index (κ2) is 6.58. The van der Waals surface area contributed by atoms with Crippen molar-refractivity contribution in [2.45, 2.75) is 13.8 Å². The van der Waals surface area contributed by atoms with Crippen LogP contribution in [0, 0.1) is 11.8 Å². The molecular weight excluding hydrogens is 232 g/mol. The number of fused-ring (bicyclic) bond motifs is 1. The summed E-state index contributed by atoms with van der Waals surface area (Å²) in [5.41, 5.74) is 1.24. The minimum atomic E-state index is 0.643. The number of hydrogen-bond acceptors (Lipinski definition) is 2. The predicted molar refractivity (Wildman–Crippen MR) is 84.7 cm³/mol. The van der Waals surface area contributed by atoms with Gasteiger partial charge in [0.25, 0.3) is 0 Å². The van der Waals surface area contributed by atoms with Gasteiger partial charge in [0.1, 0.15) is 0 Å². The summed E-state index contributed by atoms with van der Waals surface area (Å²) in [6, 6.07) is 15.0. The summed E-state index contributed by atoms with van der Waals surface area (Å²) in [5.74, 6) is 1.32. The molecule has 2 rings (SSSR count). The minimum absolute atomic E-state index is 0.643. The maximum atomic E-state index is 3.61. The van der Waals surface area contributed by atoms with Crippen LogP contribution in [0.5, 0.6) is 0 Å². The summed E-state index contributed by atoms with van der Waals surface area (Å²) in [4.78, 5) is 0. The fraction of sp³-hybridized carbons (Fsp3) is 0.412. The van der Waals surface area contributed by atoms with Gasteiger partial charge in [0.15, 0.2) is 0 Å². The summed E-state index contributed by atoms with van der Waals surface area (Å²) in [5, 5.41) is 9.49. The molecular formula is C17H24N2. The molecule has 0 heterocycles. The van der Waals surface area contributed by atoms with Crippen LogP contribution in [0.4, 0.5) is 5.69 Å². The van der Waals surface area contributed by atoms with Crippen LogP contribution in [-0.2, 0) is 0 Å². The molecule has 2 aromatic rings. The predicted octanol–water partition coefficient (Wildman–Crippen LogP) is 3.74. The average Bonchev–Trinajstić information content (AvgIpc) is 2.43. The maximum Gasteiger partial charge on any atom is 0.0419 e. The van der Waals surface area contributed by atoms with E-state index in [0.717, 1.165) is 13.1 Å². The van der Waals surface area contributed by atoms with Crippen LogP contribution in [0.1, 0.15) is 13.8 Å². The van der Waals surface area contributed by atoms with E-state index in [-0.39, 0.29) is 0 Å². The van der Waals surface area contributed by atoms with E-state index < -0.39 is 0 Å². The topological polar surface area (TPSA) is 24.1 Å². The van der Waals surface area contributed by atoms with Crippen molar-refractivity contribution >= 4 is 16.5 Å². The molecule has 0 amide bonds. The summed E-state index contributed by atoms with van der Waals surface area (Å²) in [7, 11) is 2.02. The molecule has 2 aromatic carbocycles. The highest BCUT2D eigenvalue weighted by atomic mass is 14.9. The van der Waals surface area contributed by atoms with Gasteiger partial charge in [-0.05, 0) is 36.9 Å². The average molecular weight is 256 g/mol. The smallest absolute Gasteiger partial charge is 0.0419 e. The monoisotopic (exact) mass is 256 g/mol. The van der Waals surface area contributed by atoms with E-state index in [1.165, 1.54) is 16.5 Å². The largest absolute Gasteiger partial charge is 0.384 e. The highest BCUT2D eigenvalue weighted by Crippen LogP contribution is 2.23. The zero-order valence-corrected chi connectivity index (χ0v) is 12.1. The first-order valence-electron chi connectivity index (χ1n) is 7.08. The lowest BCUT2D eigenvalue weighted by molar-refractivity contribution is 0.391. The SMILES string of the molecule is CNCC(CNc1cccc2ccccc12)C(C)C. The Labute approximate surface area is 116 Å². The van der Waals surface area contributed by atoms with Gasteiger partial charge in [0.05, 0.1) is 0 Å². The minimum Gasteiger partial charge on any atom is -0.384 e. The fourth-order valence-corrected chi connectivity index (χ4v) is 2.43. The summed E-state index contributed by atoms with van der Waals surface area (Å²) in [6.07, 6.45) is 0. The molecule has 1 atom stereocenters. The van der Waals surface area contributed by atoms with Crippen LogP contribution in [0.25, 0.3) is 10.8 Å². The van der Waals surface area contributed by atoms with Gasteiger partial charge in [-0.15, -0.1) is 0 Å². The van der Waals surface area contributed by atoms with E-state index >= 15 is 0 Å². The van der Waals surface area contributed by atoms with Gasteiger partial charge in [-0.1, -0.05) is 50.2 Å². The Morgan fingerprint density at radius 1 is 0.947 bits per heavy atom. The number of rotatable bonds is 6. The fourth-order valence-electron chi connectivity index (χ4n) is 2.43. The molecule has 0 saturated heterocycles. The molecule has 0 saturated carbocycles. The van der Waals surface area contributed by atoms with Gasteiger partial charge in [-0.25, -0.2) is 0 Å². The number of hydrogen-bond donors (Lipinski definition) is 2. The first kappa shape index (κ1) is 13.9. The summed E-state index contributed by atoms with van der Waals surface area (Å²) in [6.45, 7) is 6.63. The molecule has 0 radical (unpaired) electrons. The Hall–Kier alpha value is -1.54. The molecule has 2 nitrogen and oxygen atoms in total. The van der Waals surface area contributed by atoms with Gasteiger partial charge in [0.2, 0.25) is 0 Å². The van der Waals surface area contributed by atoms with E-state index in [0.29, 0.717) is 11.8 Å². The normalized spacial score (nSPS) is 12.8. The maximum absolute atomic E-state index is 3.61. The first-order chi connectivity index (χ1) is 9.22. The molecule has 0 aromatic heterocycles. The molecule has 0 spiro atoms. The number of benzene rings is 2. The standard InChI is InChI=1S/C17H24N2/c1-13(2)15(11-18-3)12-19-17-10-6-8-14-7-4-5-9-16(14)17/h4-10,13,15,18-19H,11-12H2,1-3H3. The molecule has 0 fully saturated rings. The third kappa shape index (κ3) is 3.48. The zero-order chi connectivity index (χ0) is 13.7. The van der Waals surface area contributed by atoms with Gasteiger partial charge >= 0.3 is 0 Å². The molecule has 1 unspecified atom stereocenters. The van der Waals surface area contributed by atoms with Crippen LogP contribution >= 0.6 is 0 Å². The third-order valence-corrected chi connectivity index (χ3v) is 3.75. The highest BCUT2D eigenvalue weighted by Gasteiger charge is 2.12. The summed E-state index contributed by atoms with van der Waals surface area (Å²) < 4.78 is 0. The highest BCUT2D eigenvalue weighted by molar-refractivity contribution is 5.93. The van der Waals surface area contributed by atoms with Crippen molar-refractivity contribution < 1.29 is 0 Å². The molecule has 2 N–H and O–H groups in total. The van der Waals surface area contributed by atoms with Gasteiger partial charge in [-0.3, -0.25) is 0 Å². The van der Waals surface area contributed by atoms with Crippen molar-refractivity contribution in [2.75, 3.05) is 25.5 Å². The Morgan fingerprint density at radius 2 is 1.68 bits per heavy atom. The van der Waals surface area contributed by atoms with Crippen LogP contribution in [0.3, 0.4) is 0 Å². The molecule has 2 heteroatoms. The third-order valence-electron chi connectivity index (χ3n) is 3.75. The Morgan fingerprint density at radius 3 is 2.42 bits per heavy atom. The van der Waals surface area contributed by atoms with E-state index in [1.54, 1.807) is 0 Å². The van der Waals surface area contributed by atoms with Crippen molar-refractivity contribution in [1.29, 1.82) is 0 Å². The second-order valence-corrected chi connectivity index (χ2v) is 5.47. The Balaban J connectivity index is 2.13. The molecule has 0 aliphatic rings. The quantitative estimate of drug-likeness (QED) is 0.822. The number of nitrogens with one attached hydrogen (secondary N) is 2. The van der Waals surface area contributed by atoms with E-state index in [4.69, 9.17) is 0 Å². The van der Waals surface area contributed by atoms with Crippen molar-refractivity contribution in [2.24, 2.45) is 11.8 Å². The molecule has 19 heavy (non-hydrogen) atoms. The lowest BCUT2D eigenvalue weighted by Gasteiger charge is -2.22. The van der Waals surface area contributed by atoms with Gasteiger partial charge < -0.3 is 10.6 Å². The molecule has 102 valence electrons. The molecule has 0 aliphatic heterocycles. The van der Waals surface area contributed by atoms with Crippen LogP contribution in [0.15, 0.2) is 42.5 Å². The van der Waals surface area contributed by atoms with Crippen molar-refractivity contribution in [1.82, 2.24) is 5.32 Å². The second-order valence-electron chi connectivity index (χ2n) is 5.47.